The van der Waals surface area contributed by atoms with Crippen LogP contribution < -0.4 is 0 Å². The fourth-order valence-electron chi connectivity index (χ4n) is 4.42. The second-order valence-corrected chi connectivity index (χ2v) is 10.4. The van der Waals surface area contributed by atoms with Crippen molar-refractivity contribution in [3.8, 4) is 0 Å². The predicted octanol–water partition coefficient (Wildman–Crippen LogP) is 3.68. The number of hydrogen-bond donors (Lipinski definition) is 0. The van der Waals surface area contributed by atoms with Gasteiger partial charge in [0.05, 0.1) is 10.9 Å². The molecule has 2 aromatic rings. The molecule has 5 nitrogen and oxygen atoms in total. The smallest absolute Gasteiger partial charge is 0.243 e. The van der Waals surface area contributed by atoms with E-state index in [2.05, 4.69) is 18.4 Å². The first-order valence-electron chi connectivity index (χ1n) is 9.94. The van der Waals surface area contributed by atoms with E-state index in [4.69, 9.17) is 0 Å². The van der Waals surface area contributed by atoms with Gasteiger partial charge in [-0.1, -0.05) is 25.1 Å². The Balaban J connectivity index is 1.43. The number of carbonyl (C=O) groups excluding carboxylic acids is 1. The van der Waals surface area contributed by atoms with Crippen molar-refractivity contribution in [2.45, 2.75) is 43.5 Å². The quantitative estimate of drug-likeness (QED) is 0.761. The Bertz CT molecular complexity index is 932. The molecule has 7 heteroatoms. The van der Waals surface area contributed by atoms with E-state index in [1.807, 2.05) is 11.0 Å². The van der Waals surface area contributed by atoms with E-state index in [1.165, 1.54) is 14.7 Å². The summed E-state index contributed by atoms with van der Waals surface area (Å²) in [5.41, 5.74) is 1.30. The molecule has 0 N–H and O–H groups in total. The maximum Gasteiger partial charge on any atom is 0.243 e. The van der Waals surface area contributed by atoms with E-state index >= 15 is 0 Å². The third kappa shape index (κ3) is 3.51. The molecule has 1 amide bonds. The summed E-state index contributed by atoms with van der Waals surface area (Å²) in [6.07, 6.45) is 3.02. The normalized spacial score (nSPS) is 21.5. The van der Waals surface area contributed by atoms with E-state index in [0.29, 0.717) is 30.8 Å². The molecule has 28 heavy (non-hydrogen) atoms. The van der Waals surface area contributed by atoms with Crippen LogP contribution in [0.5, 0.6) is 0 Å². The Morgan fingerprint density at radius 1 is 1.11 bits per heavy atom. The number of amides is 1. The van der Waals surface area contributed by atoms with Crippen LogP contribution in [0.25, 0.3) is 0 Å². The topological polar surface area (TPSA) is 57.7 Å². The number of piperidine rings is 1. The SMILES string of the molecule is CC[C@H]1c2ccsc2CCN1C(=O)C1CCN(S(=O)(=O)c2ccccc2)CC1. The molecule has 1 atom stereocenters. The average molecular weight is 419 g/mol. The second kappa shape index (κ2) is 7.97. The van der Waals surface area contributed by atoms with Crippen LogP contribution in [0.4, 0.5) is 0 Å². The van der Waals surface area contributed by atoms with Crippen molar-refractivity contribution in [2.24, 2.45) is 5.92 Å². The Labute approximate surface area is 171 Å². The highest BCUT2D eigenvalue weighted by atomic mass is 32.2. The van der Waals surface area contributed by atoms with Crippen LogP contribution in [-0.4, -0.2) is 43.2 Å². The molecule has 1 saturated heterocycles. The van der Waals surface area contributed by atoms with Gasteiger partial charge in [-0.15, -0.1) is 11.3 Å². The summed E-state index contributed by atoms with van der Waals surface area (Å²) in [6, 6.07) is 10.9. The van der Waals surface area contributed by atoms with Crippen molar-refractivity contribution in [2.75, 3.05) is 19.6 Å². The molecule has 0 spiro atoms. The van der Waals surface area contributed by atoms with Crippen LogP contribution in [0, 0.1) is 5.92 Å². The lowest BCUT2D eigenvalue weighted by Gasteiger charge is -2.39. The molecule has 3 heterocycles. The Hall–Kier alpha value is -1.70. The molecule has 0 radical (unpaired) electrons. The summed E-state index contributed by atoms with van der Waals surface area (Å²) < 4.78 is 27.1. The number of nitrogens with zero attached hydrogens (tertiary/aromatic N) is 2. The fraction of sp³-hybridized carbons (Fsp3) is 0.476. The number of carbonyl (C=O) groups is 1. The number of fused-ring (bicyclic) bond motifs is 1. The van der Waals surface area contributed by atoms with Crippen molar-refractivity contribution in [3.63, 3.8) is 0 Å². The number of hydrogen-bond acceptors (Lipinski definition) is 4. The van der Waals surface area contributed by atoms with Crippen molar-refractivity contribution in [1.82, 2.24) is 9.21 Å². The zero-order chi connectivity index (χ0) is 19.7. The molecule has 0 aliphatic carbocycles. The summed E-state index contributed by atoms with van der Waals surface area (Å²) >= 11 is 1.78. The molecule has 0 saturated carbocycles. The van der Waals surface area contributed by atoms with Gasteiger partial charge >= 0.3 is 0 Å². The molecule has 0 bridgehead atoms. The van der Waals surface area contributed by atoms with Gasteiger partial charge in [-0.3, -0.25) is 4.79 Å². The van der Waals surface area contributed by atoms with Crippen molar-refractivity contribution in [3.05, 3.63) is 52.2 Å². The number of rotatable bonds is 4. The minimum absolute atomic E-state index is 0.0866. The largest absolute Gasteiger partial charge is 0.335 e. The van der Waals surface area contributed by atoms with Crippen LogP contribution in [0.2, 0.25) is 0 Å². The maximum atomic E-state index is 13.2. The van der Waals surface area contributed by atoms with Crippen molar-refractivity contribution < 1.29 is 13.2 Å². The van der Waals surface area contributed by atoms with Gasteiger partial charge in [-0.2, -0.15) is 4.31 Å². The second-order valence-electron chi connectivity index (χ2n) is 7.50. The van der Waals surface area contributed by atoms with Gasteiger partial charge in [0.15, 0.2) is 0 Å². The lowest BCUT2D eigenvalue weighted by atomic mass is 9.92. The standard InChI is InChI=1S/C21H26N2O3S2/c1-2-19-18-11-15-27-20(18)10-14-23(19)21(24)16-8-12-22(13-9-16)28(25,26)17-6-4-3-5-7-17/h3-7,11,15-16,19H,2,8-10,12-14H2,1H3/t19-/m0/s1. The van der Waals surface area contributed by atoms with Gasteiger partial charge in [0.1, 0.15) is 0 Å². The van der Waals surface area contributed by atoms with Gasteiger partial charge in [0.25, 0.3) is 0 Å². The lowest BCUT2D eigenvalue weighted by molar-refractivity contribution is -0.139. The summed E-state index contributed by atoms with van der Waals surface area (Å²) in [5.74, 6) is 0.108. The minimum Gasteiger partial charge on any atom is -0.335 e. The van der Waals surface area contributed by atoms with E-state index in [-0.39, 0.29) is 17.9 Å². The van der Waals surface area contributed by atoms with Gasteiger partial charge < -0.3 is 4.90 Å². The first-order valence-corrected chi connectivity index (χ1v) is 12.3. The number of benzene rings is 1. The fourth-order valence-corrected chi connectivity index (χ4v) is 6.84. The summed E-state index contributed by atoms with van der Waals surface area (Å²) in [5, 5.41) is 2.12. The molecule has 4 rings (SSSR count). The molecule has 150 valence electrons. The highest BCUT2D eigenvalue weighted by Crippen LogP contribution is 2.37. The van der Waals surface area contributed by atoms with E-state index < -0.39 is 10.0 Å². The summed E-state index contributed by atoms with van der Waals surface area (Å²) in [7, 11) is -3.47. The van der Waals surface area contributed by atoms with E-state index in [9.17, 15) is 13.2 Å². The molecule has 2 aliphatic heterocycles. The van der Waals surface area contributed by atoms with Crippen molar-refractivity contribution >= 4 is 27.3 Å². The van der Waals surface area contributed by atoms with Crippen LogP contribution in [0.3, 0.4) is 0 Å². The molecule has 1 aromatic heterocycles. The van der Waals surface area contributed by atoms with Crippen LogP contribution >= 0.6 is 11.3 Å². The first kappa shape index (κ1) is 19.6. The van der Waals surface area contributed by atoms with Gasteiger partial charge in [-0.25, -0.2) is 8.42 Å². The Morgan fingerprint density at radius 3 is 2.50 bits per heavy atom. The van der Waals surface area contributed by atoms with Crippen LogP contribution in [0.15, 0.2) is 46.7 Å². The maximum absolute atomic E-state index is 13.2. The molecule has 2 aliphatic rings. The Kier molecular flexibility index (Phi) is 5.58. The lowest BCUT2D eigenvalue weighted by Crippen LogP contribution is -2.47. The molecular formula is C21H26N2O3S2. The van der Waals surface area contributed by atoms with Crippen LogP contribution in [0.1, 0.15) is 42.7 Å². The van der Waals surface area contributed by atoms with Crippen LogP contribution in [-0.2, 0) is 21.2 Å². The van der Waals surface area contributed by atoms with Gasteiger partial charge in [0, 0.05) is 30.4 Å². The van der Waals surface area contributed by atoms with E-state index in [1.54, 1.807) is 35.6 Å². The Morgan fingerprint density at radius 2 is 1.82 bits per heavy atom. The average Bonchev–Trinajstić information content (AvgIpc) is 3.22. The molecule has 1 fully saturated rings. The summed E-state index contributed by atoms with van der Waals surface area (Å²) in [6.45, 7) is 3.71. The molecule has 0 unspecified atom stereocenters. The minimum atomic E-state index is -3.47. The molecular weight excluding hydrogens is 392 g/mol. The molecule has 1 aromatic carbocycles. The third-order valence-corrected chi connectivity index (χ3v) is 8.86. The summed E-state index contributed by atoms with van der Waals surface area (Å²) in [4.78, 5) is 17.0. The van der Waals surface area contributed by atoms with E-state index in [0.717, 1.165) is 19.4 Å². The highest BCUT2D eigenvalue weighted by molar-refractivity contribution is 7.89. The predicted molar refractivity (Wildman–Crippen MR) is 111 cm³/mol. The third-order valence-electron chi connectivity index (χ3n) is 5.95. The zero-order valence-electron chi connectivity index (χ0n) is 16.1. The number of sulfonamides is 1. The monoisotopic (exact) mass is 418 g/mol. The van der Waals surface area contributed by atoms with Gasteiger partial charge in [-0.05, 0) is 54.8 Å². The first-order chi connectivity index (χ1) is 13.5. The zero-order valence-corrected chi connectivity index (χ0v) is 17.7. The number of thiophene rings is 1. The van der Waals surface area contributed by atoms with Gasteiger partial charge in [0.2, 0.25) is 15.9 Å². The highest BCUT2D eigenvalue weighted by Gasteiger charge is 2.37. The van der Waals surface area contributed by atoms with Crippen molar-refractivity contribution in [1.29, 1.82) is 0 Å².